The molecule has 4 nitrogen and oxygen atoms in total. The number of ketones is 2. The predicted octanol–water partition coefficient (Wildman–Crippen LogP) is 4.98. The maximum Gasteiger partial charge on any atom is 0.209 e. The molecule has 0 aliphatic heterocycles. The zero-order valence-electron chi connectivity index (χ0n) is 15.7. The molecule has 0 spiro atoms. The summed E-state index contributed by atoms with van der Waals surface area (Å²) in [6, 6.07) is 25.9. The molecule has 0 bridgehead atoms. The van der Waals surface area contributed by atoms with Crippen molar-refractivity contribution in [1.29, 1.82) is 0 Å². The van der Waals surface area contributed by atoms with Gasteiger partial charge in [0.1, 0.15) is 0 Å². The van der Waals surface area contributed by atoms with E-state index in [0.29, 0.717) is 11.3 Å². The number of aromatic nitrogens is 2. The molecule has 0 radical (unpaired) electrons. The molecular weight excluding hydrogens is 348 g/mol. The molecule has 0 saturated heterocycles. The average Bonchev–Trinajstić information content (AvgIpc) is 3.46. The Kier molecular flexibility index (Phi) is 6.37. The lowest BCUT2D eigenvalue weighted by Crippen LogP contribution is -2.08. The van der Waals surface area contributed by atoms with Gasteiger partial charge in [0, 0.05) is 30.1 Å². The number of aryl methyl sites for hydroxylation is 1. The van der Waals surface area contributed by atoms with Crippen molar-refractivity contribution in [1.82, 2.24) is 9.55 Å². The summed E-state index contributed by atoms with van der Waals surface area (Å²) in [6.07, 6.45) is 3.67. The highest BCUT2D eigenvalue weighted by Crippen LogP contribution is 2.10. The van der Waals surface area contributed by atoms with Gasteiger partial charge in [0.05, 0.1) is 11.4 Å². The third kappa shape index (κ3) is 4.54. The summed E-state index contributed by atoms with van der Waals surface area (Å²) in [6.45, 7) is 2.85. The average molecular weight is 370 g/mol. The van der Waals surface area contributed by atoms with Crippen molar-refractivity contribution < 1.29 is 9.59 Å². The quantitative estimate of drug-likeness (QED) is 0.504. The Balaban J connectivity index is 0.000000162. The molecule has 2 aromatic heterocycles. The van der Waals surface area contributed by atoms with Crippen LogP contribution in [0.3, 0.4) is 0 Å². The second-order valence-electron chi connectivity index (χ2n) is 6.15. The minimum absolute atomic E-state index is 0.0330. The van der Waals surface area contributed by atoms with Crippen LogP contribution in [0.25, 0.3) is 0 Å². The minimum Gasteiger partial charge on any atom is -0.359 e. The number of nitrogens with zero attached hydrogens (tertiary/aromatic N) is 1. The number of aromatic amines is 1. The summed E-state index contributed by atoms with van der Waals surface area (Å²) in [5, 5.41) is 0. The number of nitrogens with one attached hydrogen (secondary N) is 1. The first-order valence-corrected chi connectivity index (χ1v) is 9.18. The lowest BCUT2D eigenvalue weighted by Gasteiger charge is -2.04. The second kappa shape index (κ2) is 9.33. The van der Waals surface area contributed by atoms with Crippen LogP contribution in [0, 0.1) is 0 Å². The van der Waals surface area contributed by atoms with Crippen molar-refractivity contribution in [3.8, 4) is 0 Å². The van der Waals surface area contributed by atoms with Crippen molar-refractivity contribution in [2.75, 3.05) is 0 Å². The number of carbonyl (C=O) groups excluding carboxylic acids is 2. The maximum absolute atomic E-state index is 12.1. The molecule has 140 valence electrons. The zero-order valence-corrected chi connectivity index (χ0v) is 15.7. The fourth-order valence-electron chi connectivity index (χ4n) is 2.85. The molecule has 0 amide bonds. The van der Waals surface area contributed by atoms with Gasteiger partial charge in [-0.3, -0.25) is 9.59 Å². The van der Waals surface area contributed by atoms with Crippen LogP contribution in [0.2, 0.25) is 0 Å². The smallest absolute Gasteiger partial charge is 0.209 e. The van der Waals surface area contributed by atoms with Crippen LogP contribution in [-0.2, 0) is 6.54 Å². The Bertz CT molecular complexity index is 1020. The van der Waals surface area contributed by atoms with E-state index >= 15 is 0 Å². The van der Waals surface area contributed by atoms with Gasteiger partial charge in [0.2, 0.25) is 11.6 Å². The monoisotopic (exact) mass is 370 g/mol. The molecule has 0 atom stereocenters. The van der Waals surface area contributed by atoms with Crippen molar-refractivity contribution in [2.24, 2.45) is 0 Å². The van der Waals surface area contributed by atoms with Gasteiger partial charge in [-0.15, -0.1) is 0 Å². The van der Waals surface area contributed by atoms with Gasteiger partial charge in [-0.2, -0.15) is 0 Å². The molecule has 0 saturated carbocycles. The molecule has 0 aliphatic carbocycles. The highest BCUT2D eigenvalue weighted by Gasteiger charge is 2.11. The van der Waals surface area contributed by atoms with Crippen LogP contribution in [0.5, 0.6) is 0 Å². The van der Waals surface area contributed by atoms with Crippen LogP contribution in [-0.4, -0.2) is 21.1 Å². The van der Waals surface area contributed by atoms with Crippen LogP contribution in [0.1, 0.15) is 39.0 Å². The topological polar surface area (TPSA) is 54.9 Å². The van der Waals surface area contributed by atoms with E-state index in [1.54, 1.807) is 12.3 Å². The van der Waals surface area contributed by atoms with Crippen molar-refractivity contribution in [2.45, 2.75) is 13.5 Å². The van der Waals surface area contributed by atoms with Crippen LogP contribution in [0.15, 0.2) is 97.3 Å². The highest BCUT2D eigenvalue weighted by atomic mass is 16.1. The first-order valence-electron chi connectivity index (χ1n) is 9.18. The number of benzene rings is 2. The summed E-state index contributed by atoms with van der Waals surface area (Å²) < 4.78 is 1.95. The second-order valence-corrected chi connectivity index (χ2v) is 6.15. The molecule has 1 N–H and O–H groups in total. The van der Waals surface area contributed by atoms with Crippen LogP contribution in [0.4, 0.5) is 0 Å². The van der Waals surface area contributed by atoms with Gasteiger partial charge in [-0.1, -0.05) is 60.7 Å². The molecule has 28 heavy (non-hydrogen) atoms. The first kappa shape index (κ1) is 19.1. The van der Waals surface area contributed by atoms with E-state index < -0.39 is 0 Å². The molecule has 4 heteroatoms. The third-order valence-electron chi connectivity index (χ3n) is 4.32. The fraction of sp³-hybridized carbons (Fsp3) is 0.0833. The molecule has 4 rings (SSSR count). The third-order valence-corrected chi connectivity index (χ3v) is 4.32. The summed E-state index contributed by atoms with van der Waals surface area (Å²) in [5.41, 5.74) is 2.84. The molecule has 2 heterocycles. The predicted molar refractivity (Wildman–Crippen MR) is 111 cm³/mol. The van der Waals surface area contributed by atoms with Crippen LogP contribution >= 0.6 is 0 Å². The number of hydrogen-bond donors (Lipinski definition) is 1. The standard InChI is InChI=1S/C13H13NO.C11H9NO/c1-2-14-10-6-9-12(14)13(15)11-7-4-3-5-8-11;13-11(10-7-4-8-12-10)9-5-2-1-3-6-9/h3-10H,2H2,1H3;1-8,12H. The number of hydrogen-bond acceptors (Lipinski definition) is 2. The van der Waals surface area contributed by atoms with Crippen molar-refractivity contribution in [3.63, 3.8) is 0 Å². The molecular formula is C24H22N2O2. The van der Waals surface area contributed by atoms with E-state index in [4.69, 9.17) is 0 Å². The maximum atomic E-state index is 12.1. The molecule has 0 unspecified atom stereocenters. The Hall–Kier alpha value is -3.66. The number of rotatable bonds is 5. The van der Waals surface area contributed by atoms with Crippen molar-refractivity contribution in [3.05, 3.63) is 120 Å². The van der Waals surface area contributed by atoms with E-state index in [-0.39, 0.29) is 11.6 Å². The largest absolute Gasteiger partial charge is 0.359 e. The van der Waals surface area contributed by atoms with E-state index in [9.17, 15) is 9.59 Å². The van der Waals surface area contributed by atoms with Gasteiger partial charge < -0.3 is 9.55 Å². The van der Waals surface area contributed by atoms with Gasteiger partial charge in [0.15, 0.2) is 0 Å². The van der Waals surface area contributed by atoms with Gasteiger partial charge in [-0.25, -0.2) is 0 Å². The van der Waals surface area contributed by atoms with Gasteiger partial charge >= 0.3 is 0 Å². The minimum atomic E-state index is 0.0330. The zero-order chi connectivity index (χ0) is 19.8. The Morgan fingerprint density at radius 3 is 1.89 bits per heavy atom. The summed E-state index contributed by atoms with van der Waals surface area (Å²) in [4.78, 5) is 26.6. The van der Waals surface area contributed by atoms with E-state index in [2.05, 4.69) is 4.98 Å². The Morgan fingerprint density at radius 1 is 0.750 bits per heavy atom. The lowest BCUT2D eigenvalue weighted by atomic mass is 10.1. The Morgan fingerprint density at radius 2 is 1.36 bits per heavy atom. The summed E-state index contributed by atoms with van der Waals surface area (Å²) >= 11 is 0. The van der Waals surface area contributed by atoms with Crippen molar-refractivity contribution >= 4 is 11.6 Å². The number of carbonyl (C=O) groups is 2. The van der Waals surface area contributed by atoms with Gasteiger partial charge in [0.25, 0.3) is 0 Å². The first-order chi connectivity index (χ1) is 13.7. The fourth-order valence-corrected chi connectivity index (χ4v) is 2.85. The molecule has 2 aromatic carbocycles. The summed E-state index contributed by atoms with van der Waals surface area (Å²) in [7, 11) is 0. The lowest BCUT2D eigenvalue weighted by molar-refractivity contribution is 0.102. The van der Waals surface area contributed by atoms with Crippen LogP contribution < -0.4 is 0 Å². The normalized spacial score (nSPS) is 10.0. The van der Waals surface area contributed by atoms with E-state index in [1.165, 1.54) is 0 Å². The molecule has 0 fully saturated rings. The molecule has 0 aliphatic rings. The molecule has 4 aromatic rings. The van der Waals surface area contributed by atoms with Gasteiger partial charge in [-0.05, 0) is 31.2 Å². The van der Waals surface area contributed by atoms with E-state index in [1.807, 2.05) is 96.6 Å². The highest BCUT2D eigenvalue weighted by molar-refractivity contribution is 6.08. The van der Waals surface area contributed by atoms with E-state index in [0.717, 1.165) is 17.8 Å². The number of H-pyrrole nitrogens is 1. The SMILES string of the molecule is CCn1cccc1C(=O)c1ccccc1.O=C(c1ccccc1)c1ccc[nH]1. The Labute approximate surface area is 164 Å². The summed E-state index contributed by atoms with van der Waals surface area (Å²) in [5.74, 6) is 0.119.